The van der Waals surface area contributed by atoms with Crippen LogP contribution in [0.4, 0.5) is 5.69 Å². The number of aliphatic carboxylic acids is 1. The van der Waals surface area contributed by atoms with Crippen molar-refractivity contribution in [2.75, 3.05) is 4.31 Å². The maximum Gasteiger partial charge on any atom is 0.327 e. The van der Waals surface area contributed by atoms with Crippen molar-refractivity contribution < 1.29 is 23.1 Å². The molecule has 0 spiro atoms. The molecule has 7 heteroatoms. The number of benzene rings is 3. The van der Waals surface area contributed by atoms with Crippen molar-refractivity contribution in [3.8, 4) is 0 Å². The van der Waals surface area contributed by atoms with Crippen LogP contribution >= 0.6 is 0 Å². The Morgan fingerprint density at radius 2 is 1.68 bits per heavy atom. The molecule has 0 saturated heterocycles. The lowest BCUT2D eigenvalue weighted by Crippen LogP contribution is -2.44. The van der Waals surface area contributed by atoms with Crippen LogP contribution in [-0.2, 0) is 22.5 Å². The Labute approximate surface area is 163 Å². The molecule has 0 saturated carbocycles. The summed E-state index contributed by atoms with van der Waals surface area (Å²) in [5, 5.41) is 11.3. The van der Waals surface area contributed by atoms with E-state index in [0.29, 0.717) is 11.2 Å². The Hall–Kier alpha value is -3.16. The molecule has 0 fully saturated rings. The molecule has 0 bridgehead atoms. The molecule has 0 aliphatic rings. The SMILES string of the molecule is O=C(O)C(Cc1ccccc1)N(c1ccc2oc3ccccc3c2c1)S(=O)[O-]. The molecule has 0 aliphatic heterocycles. The summed E-state index contributed by atoms with van der Waals surface area (Å²) in [7, 11) is 0. The van der Waals surface area contributed by atoms with Gasteiger partial charge in [-0.3, -0.25) is 8.51 Å². The molecule has 4 aromatic rings. The van der Waals surface area contributed by atoms with Crippen LogP contribution < -0.4 is 4.31 Å². The maximum atomic E-state index is 12.0. The highest BCUT2D eigenvalue weighted by atomic mass is 32.2. The molecular formula is C21H16NO5S-. The van der Waals surface area contributed by atoms with Crippen molar-refractivity contribution in [2.24, 2.45) is 0 Å². The molecule has 6 nitrogen and oxygen atoms in total. The highest BCUT2D eigenvalue weighted by molar-refractivity contribution is 7.80. The molecule has 1 aromatic heterocycles. The van der Waals surface area contributed by atoms with Gasteiger partial charge in [0.05, 0.1) is 5.69 Å². The van der Waals surface area contributed by atoms with E-state index in [2.05, 4.69) is 0 Å². The van der Waals surface area contributed by atoms with Crippen molar-refractivity contribution in [1.29, 1.82) is 0 Å². The molecule has 28 heavy (non-hydrogen) atoms. The van der Waals surface area contributed by atoms with Crippen LogP contribution in [0.3, 0.4) is 0 Å². The Balaban J connectivity index is 1.80. The van der Waals surface area contributed by atoms with Gasteiger partial charge in [0, 0.05) is 28.5 Å². The van der Waals surface area contributed by atoms with Crippen LogP contribution in [0.25, 0.3) is 21.9 Å². The third kappa shape index (κ3) is 3.37. The molecule has 0 amide bonds. The molecule has 1 N–H and O–H groups in total. The van der Waals surface area contributed by atoms with Gasteiger partial charge in [-0.25, -0.2) is 4.79 Å². The van der Waals surface area contributed by atoms with Crippen LogP contribution in [0.15, 0.2) is 77.2 Å². The summed E-state index contributed by atoms with van der Waals surface area (Å²) in [6.07, 6.45) is 0.0499. The Kier molecular flexibility index (Phi) is 4.85. The fraction of sp³-hybridized carbons (Fsp3) is 0.0952. The maximum absolute atomic E-state index is 12.0. The number of rotatable bonds is 6. The number of hydrogen-bond donors (Lipinski definition) is 1. The Morgan fingerprint density at radius 1 is 1.00 bits per heavy atom. The molecule has 3 aromatic carbocycles. The highest BCUT2D eigenvalue weighted by Gasteiger charge is 2.28. The lowest BCUT2D eigenvalue weighted by atomic mass is 10.1. The largest absolute Gasteiger partial charge is 0.755 e. The normalized spacial score (nSPS) is 13.5. The zero-order chi connectivity index (χ0) is 19.7. The van der Waals surface area contributed by atoms with Gasteiger partial charge in [0.1, 0.15) is 17.2 Å². The first-order chi connectivity index (χ1) is 13.5. The van der Waals surface area contributed by atoms with Crippen LogP contribution in [0.2, 0.25) is 0 Å². The van der Waals surface area contributed by atoms with E-state index in [1.165, 1.54) is 0 Å². The van der Waals surface area contributed by atoms with Crippen molar-refractivity contribution in [3.05, 3.63) is 78.4 Å². The van der Waals surface area contributed by atoms with Gasteiger partial charge in [0.15, 0.2) is 0 Å². The molecule has 142 valence electrons. The molecule has 1 heterocycles. The quantitative estimate of drug-likeness (QED) is 0.501. The second-order valence-electron chi connectivity index (χ2n) is 6.37. The smallest absolute Gasteiger partial charge is 0.327 e. The average Bonchev–Trinajstić information content (AvgIpc) is 3.06. The number of para-hydroxylation sites is 1. The summed E-state index contributed by atoms with van der Waals surface area (Å²) in [5.74, 6) is -1.22. The number of furan rings is 1. The van der Waals surface area contributed by atoms with E-state index in [1.807, 2.05) is 30.3 Å². The number of nitrogens with zero attached hydrogens (tertiary/aromatic N) is 1. The number of fused-ring (bicyclic) bond motifs is 3. The molecule has 2 unspecified atom stereocenters. The third-order valence-corrected chi connectivity index (χ3v) is 5.40. The number of carboxylic acid groups (broad SMARTS) is 1. The topological polar surface area (TPSA) is 93.8 Å². The van der Waals surface area contributed by atoms with Crippen molar-refractivity contribution in [3.63, 3.8) is 0 Å². The lowest BCUT2D eigenvalue weighted by Gasteiger charge is -2.32. The fourth-order valence-corrected chi connectivity index (χ4v) is 3.99. The predicted octanol–water partition coefficient (Wildman–Crippen LogP) is 3.88. The minimum Gasteiger partial charge on any atom is -0.755 e. The van der Waals surface area contributed by atoms with Crippen LogP contribution in [-0.4, -0.2) is 25.9 Å². The van der Waals surface area contributed by atoms with Gasteiger partial charge in [-0.05, 0) is 29.8 Å². The standard InChI is InChI=1S/C21H17NO5S/c23-21(24)18(12-14-6-2-1-3-7-14)22(28(25)26)15-10-11-20-17(13-15)16-8-4-5-9-19(16)27-20/h1-11,13,18H,12H2,(H,23,24)(H,25,26)/p-1. The van der Waals surface area contributed by atoms with Gasteiger partial charge in [-0.1, -0.05) is 48.5 Å². The lowest BCUT2D eigenvalue weighted by molar-refractivity contribution is -0.138. The zero-order valence-electron chi connectivity index (χ0n) is 14.6. The molecule has 2 atom stereocenters. The van der Waals surface area contributed by atoms with Crippen molar-refractivity contribution in [2.45, 2.75) is 12.5 Å². The zero-order valence-corrected chi connectivity index (χ0v) is 15.5. The molecule has 4 rings (SSSR count). The Morgan fingerprint density at radius 3 is 2.39 bits per heavy atom. The summed E-state index contributed by atoms with van der Waals surface area (Å²) in [4.78, 5) is 11.9. The minimum atomic E-state index is -2.77. The van der Waals surface area contributed by atoms with Crippen molar-refractivity contribution in [1.82, 2.24) is 0 Å². The van der Waals surface area contributed by atoms with E-state index < -0.39 is 23.3 Å². The van der Waals surface area contributed by atoms with Gasteiger partial charge in [0.2, 0.25) is 0 Å². The van der Waals surface area contributed by atoms with Gasteiger partial charge >= 0.3 is 5.97 Å². The summed E-state index contributed by atoms with van der Waals surface area (Å²) in [5.41, 5.74) is 2.30. The summed E-state index contributed by atoms with van der Waals surface area (Å²) >= 11 is -2.77. The first-order valence-corrected chi connectivity index (χ1v) is 9.64. The summed E-state index contributed by atoms with van der Waals surface area (Å²) < 4.78 is 30.7. The van der Waals surface area contributed by atoms with Gasteiger partial charge in [-0.15, -0.1) is 0 Å². The van der Waals surface area contributed by atoms with E-state index in [0.717, 1.165) is 20.6 Å². The number of carboxylic acids is 1. The van der Waals surface area contributed by atoms with Gasteiger partial charge in [-0.2, -0.15) is 0 Å². The van der Waals surface area contributed by atoms with Crippen LogP contribution in [0.1, 0.15) is 5.56 Å². The van der Waals surface area contributed by atoms with E-state index in [9.17, 15) is 18.7 Å². The fourth-order valence-electron chi connectivity index (χ4n) is 3.33. The highest BCUT2D eigenvalue weighted by Crippen LogP contribution is 2.33. The Bertz CT molecular complexity index is 1170. The first-order valence-electron chi connectivity index (χ1n) is 8.61. The monoisotopic (exact) mass is 394 g/mol. The number of hydrogen-bond acceptors (Lipinski definition) is 4. The van der Waals surface area contributed by atoms with Crippen molar-refractivity contribution >= 4 is 44.9 Å². The third-order valence-electron chi connectivity index (χ3n) is 4.62. The first kappa shape index (κ1) is 18.2. The molecule has 0 aliphatic carbocycles. The second kappa shape index (κ2) is 7.46. The van der Waals surface area contributed by atoms with E-state index >= 15 is 0 Å². The minimum absolute atomic E-state index is 0.0499. The molecular weight excluding hydrogens is 378 g/mol. The van der Waals surface area contributed by atoms with Crippen LogP contribution in [0, 0.1) is 0 Å². The van der Waals surface area contributed by atoms with E-state index in [1.54, 1.807) is 42.5 Å². The number of anilines is 1. The van der Waals surface area contributed by atoms with E-state index in [-0.39, 0.29) is 12.1 Å². The van der Waals surface area contributed by atoms with Crippen LogP contribution in [0.5, 0.6) is 0 Å². The molecule has 0 radical (unpaired) electrons. The number of carbonyl (C=O) groups is 1. The predicted molar refractivity (Wildman–Crippen MR) is 107 cm³/mol. The summed E-state index contributed by atoms with van der Waals surface area (Å²) in [6, 6.07) is 20.0. The van der Waals surface area contributed by atoms with Gasteiger partial charge in [0.25, 0.3) is 0 Å². The second-order valence-corrected chi connectivity index (χ2v) is 7.19. The van der Waals surface area contributed by atoms with Gasteiger partial charge < -0.3 is 14.1 Å². The summed E-state index contributed by atoms with van der Waals surface area (Å²) in [6.45, 7) is 0. The van der Waals surface area contributed by atoms with E-state index in [4.69, 9.17) is 4.42 Å². The average molecular weight is 394 g/mol.